The Morgan fingerprint density at radius 1 is 1.43 bits per heavy atom. The normalized spacial score (nSPS) is 13.0. The molecule has 6 nitrogen and oxygen atoms in total. The van der Waals surface area contributed by atoms with E-state index in [1.807, 2.05) is 0 Å². The average Bonchev–Trinajstić information content (AvgIpc) is 3.02. The van der Waals surface area contributed by atoms with E-state index in [1.54, 1.807) is 12.1 Å². The number of pyridine rings is 2. The molecule has 0 spiro atoms. The molecule has 0 atom stereocenters. The highest BCUT2D eigenvalue weighted by Gasteiger charge is 2.30. The first-order chi connectivity index (χ1) is 15.3. The number of halogens is 4. The molecule has 0 bridgehead atoms. The lowest BCUT2D eigenvalue weighted by Crippen LogP contribution is -2.14. The van der Waals surface area contributed by atoms with Crippen molar-refractivity contribution in [2.24, 2.45) is 0 Å². The summed E-state index contributed by atoms with van der Waals surface area (Å²) in [5, 5.41) is 11.8. The van der Waals surface area contributed by atoms with Gasteiger partial charge in [-0.1, -0.05) is 11.8 Å². The lowest BCUT2D eigenvalue weighted by Gasteiger charge is -2.09. The van der Waals surface area contributed by atoms with Gasteiger partial charge in [0.25, 0.3) is 0 Å². The van der Waals surface area contributed by atoms with E-state index in [0.717, 1.165) is 6.07 Å². The van der Waals surface area contributed by atoms with E-state index >= 15 is 0 Å². The molecule has 0 fully saturated rings. The van der Waals surface area contributed by atoms with Gasteiger partial charge < -0.3 is 19.6 Å². The number of carboxylic acid groups (broad SMARTS) is 1. The van der Waals surface area contributed by atoms with Crippen LogP contribution >= 0.6 is 15.9 Å². The van der Waals surface area contributed by atoms with Crippen molar-refractivity contribution in [3.8, 4) is 17.7 Å². The second kappa shape index (κ2) is 8.67. The number of hydrogen-bond acceptors (Lipinski definition) is 4. The molecule has 2 N–H and O–H groups in total. The number of nitrogens with one attached hydrogen (secondary N) is 1. The number of rotatable bonds is 5. The molecule has 3 heterocycles. The predicted octanol–water partition coefficient (Wildman–Crippen LogP) is 4.37. The van der Waals surface area contributed by atoms with Gasteiger partial charge in [-0.15, -0.1) is 0 Å². The van der Waals surface area contributed by atoms with Crippen molar-refractivity contribution in [3.63, 3.8) is 0 Å². The monoisotopic (exact) mass is 484 g/mol. The van der Waals surface area contributed by atoms with Gasteiger partial charge in [0, 0.05) is 21.9 Å². The smallest absolute Gasteiger partial charge is 0.394 e. The Balaban J connectivity index is 1.88. The Kier molecular flexibility index (Phi) is 5.10. The topological polar surface area (TPSA) is 75.9 Å². The van der Waals surface area contributed by atoms with Gasteiger partial charge in [0.15, 0.2) is 5.69 Å². The lowest BCUT2D eigenvalue weighted by molar-refractivity contribution is -0.128. The highest BCUT2D eigenvalue weighted by molar-refractivity contribution is 9.10. The van der Waals surface area contributed by atoms with E-state index in [-0.39, 0.29) is 23.5 Å². The molecule has 156 valence electrons. The zero-order valence-corrected chi connectivity index (χ0v) is 16.6. The molecule has 30 heavy (non-hydrogen) atoms. The lowest BCUT2D eigenvalue weighted by atomic mass is 10.2. The minimum absolute atomic E-state index is 0.0230. The number of hydrogen-bond donors (Lipinski definition) is 2. The highest BCUT2D eigenvalue weighted by atomic mass is 79.9. The third-order valence-electron chi connectivity index (χ3n) is 4.00. The Labute approximate surface area is 182 Å². The first kappa shape index (κ1) is 17.7. The molecule has 0 unspecified atom stereocenters. The maximum absolute atomic E-state index is 13.1. The third kappa shape index (κ3) is 4.86. The molecule has 0 aliphatic rings. The first-order valence-corrected chi connectivity index (χ1v) is 9.15. The zero-order chi connectivity index (χ0) is 24.4. The van der Waals surface area contributed by atoms with Crippen molar-refractivity contribution in [2.75, 3.05) is 18.9 Å². The standard InChI is InChI=1S/C20H15BrF3N3O3/c1-30-18-14(6-7-15(26-18)19(28)29)25-8-2-4-12-10-16-13(21)5-3-9-27(16)17(12)11-20(22,23)24/h3,5-7,9-10,25H,8,11H2,1H3,(H,28,29)/i1D3. The van der Waals surface area contributed by atoms with Gasteiger partial charge in [0.1, 0.15) is 0 Å². The SMILES string of the molecule is [2H]C([2H])([2H])Oc1nc(C(=O)O)ccc1NCC#Cc1cc2c(Br)cccn2c1CC(F)(F)F. The van der Waals surface area contributed by atoms with E-state index in [9.17, 15) is 18.0 Å². The molecule has 0 amide bonds. The van der Waals surface area contributed by atoms with Crippen LogP contribution in [0.4, 0.5) is 18.9 Å². The second-order valence-corrected chi connectivity index (χ2v) is 6.87. The summed E-state index contributed by atoms with van der Waals surface area (Å²) >= 11 is 3.31. The Bertz CT molecular complexity index is 1260. The Hall–Kier alpha value is -3.19. The summed E-state index contributed by atoms with van der Waals surface area (Å²) in [5.41, 5.74) is 0.319. The minimum Gasteiger partial charge on any atom is -0.480 e. The maximum atomic E-state index is 13.1. The van der Waals surface area contributed by atoms with Crippen molar-refractivity contribution in [3.05, 3.63) is 58.0 Å². The highest BCUT2D eigenvalue weighted by Crippen LogP contribution is 2.29. The molecule has 10 heteroatoms. The van der Waals surface area contributed by atoms with E-state index in [1.165, 1.54) is 22.7 Å². The van der Waals surface area contributed by atoms with Gasteiger partial charge in [-0.05, 0) is 46.3 Å². The predicted molar refractivity (Wildman–Crippen MR) is 108 cm³/mol. The summed E-state index contributed by atoms with van der Waals surface area (Å²) in [6.07, 6.45) is -4.10. The largest absolute Gasteiger partial charge is 0.480 e. The fourth-order valence-corrected chi connectivity index (χ4v) is 3.21. The molecule has 0 aliphatic heterocycles. The molecule has 3 aromatic rings. The molecule has 0 saturated heterocycles. The first-order valence-electron chi connectivity index (χ1n) is 9.85. The van der Waals surface area contributed by atoms with Gasteiger partial charge in [-0.25, -0.2) is 9.78 Å². The Morgan fingerprint density at radius 3 is 2.93 bits per heavy atom. The molecule has 0 saturated carbocycles. The van der Waals surface area contributed by atoms with Crippen LogP contribution in [0.5, 0.6) is 5.88 Å². The molecule has 0 radical (unpaired) electrons. The summed E-state index contributed by atoms with van der Waals surface area (Å²) in [4.78, 5) is 14.8. The number of carboxylic acids is 1. The van der Waals surface area contributed by atoms with E-state index < -0.39 is 37.2 Å². The molecular weight excluding hydrogens is 467 g/mol. The minimum atomic E-state index is -4.44. The molecule has 0 aliphatic carbocycles. The van der Waals surface area contributed by atoms with Crippen molar-refractivity contribution in [1.29, 1.82) is 0 Å². The van der Waals surface area contributed by atoms with Crippen LogP contribution in [-0.2, 0) is 6.42 Å². The summed E-state index contributed by atoms with van der Waals surface area (Å²) < 4.78 is 67.7. The summed E-state index contributed by atoms with van der Waals surface area (Å²) in [7, 11) is -2.88. The fourth-order valence-electron chi connectivity index (χ4n) is 2.75. The number of carbonyl (C=O) groups is 1. The van der Waals surface area contributed by atoms with Gasteiger partial charge in [0.05, 0.1) is 35.3 Å². The molecular formula is C20H15BrF3N3O3. The van der Waals surface area contributed by atoms with Crippen LogP contribution in [-0.4, -0.2) is 40.2 Å². The van der Waals surface area contributed by atoms with Gasteiger partial charge >= 0.3 is 12.1 Å². The fraction of sp³-hybridized carbons (Fsp3) is 0.200. The summed E-state index contributed by atoms with van der Waals surface area (Å²) in [6, 6.07) is 7.24. The van der Waals surface area contributed by atoms with Crippen LogP contribution in [0.15, 0.2) is 41.0 Å². The number of alkyl halides is 3. The van der Waals surface area contributed by atoms with Crippen LogP contribution in [0.1, 0.15) is 25.9 Å². The van der Waals surface area contributed by atoms with Crippen molar-refractivity contribution in [2.45, 2.75) is 12.6 Å². The second-order valence-electron chi connectivity index (χ2n) is 6.02. The summed E-state index contributed by atoms with van der Waals surface area (Å²) in [6.45, 7) is -0.107. The van der Waals surface area contributed by atoms with Crippen LogP contribution in [0.25, 0.3) is 5.52 Å². The van der Waals surface area contributed by atoms with Crippen LogP contribution in [0.3, 0.4) is 0 Å². The third-order valence-corrected chi connectivity index (χ3v) is 4.67. The van der Waals surface area contributed by atoms with E-state index in [2.05, 4.69) is 38.1 Å². The quantitative estimate of drug-likeness (QED) is 0.525. The van der Waals surface area contributed by atoms with Crippen molar-refractivity contribution < 1.29 is 31.9 Å². The van der Waals surface area contributed by atoms with E-state index in [0.29, 0.717) is 9.99 Å². The molecule has 0 aromatic carbocycles. The number of ether oxygens (including phenoxy) is 1. The number of methoxy groups -OCH3 is 1. The van der Waals surface area contributed by atoms with E-state index in [4.69, 9.17) is 14.0 Å². The average molecular weight is 485 g/mol. The zero-order valence-electron chi connectivity index (χ0n) is 18.0. The number of aromatic nitrogens is 2. The Morgan fingerprint density at radius 2 is 2.23 bits per heavy atom. The van der Waals surface area contributed by atoms with Crippen molar-refractivity contribution >= 4 is 33.1 Å². The summed E-state index contributed by atoms with van der Waals surface area (Å²) in [5.74, 6) is 3.55. The molecule has 3 rings (SSSR count). The number of anilines is 1. The number of aromatic carboxylic acids is 1. The van der Waals surface area contributed by atoms with Crippen LogP contribution in [0.2, 0.25) is 0 Å². The van der Waals surface area contributed by atoms with Gasteiger partial charge in [-0.3, -0.25) is 0 Å². The number of fused-ring (bicyclic) bond motifs is 1. The number of nitrogens with zero attached hydrogens (tertiary/aromatic N) is 2. The van der Waals surface area contributed by atoms with Gasteiger partial charge in [-0.2, -0.15) is 13.2 Å². The van der Waals surface area contributed by atoms with Crippen LogP contribution < -0.4 is 10.1 Å². The van der Waals surface area contributed by atoms with Gasteiger partial charge in [0.2, 0.25) is 5.88 Å². The maximum Gasteiger partial charge on any atom is 0.394 e. The van der Waals surface area contributed by atoms with Crippen LogP contribution in [0, 0.1) is 11.8 Å². The van der Waals surface area contributed by atoms with Crippen molar-refractivity contribution in [1.82, 2.24) is 9.38 Å². The molecule has 3 aromatic heterocycles.